The number of hydrogen-bond donors (Lipinski definition) is 1. The van der Waals surface area contributed by atoms with E-state index in [1.165, 1.54) is 6.20 Å². The van der Waals surface area contributed by atoms with Crippen LogP contribution >= 0.6 is 11.6 Å². The Morgan fingerprint density at radius 1 is 1.50 bits per heavy atom. The van der Waals surface area contributed by atoms with Crippen LogP contribution in [0.25, 0.3) is 0 Å². The maximum atomic E-state index is 11.8. The summed E-state index contributed by atoms with van der Waals surface area (Å²) in [6, 6.07) is 1.57. The highest BCUT2D eigenvalue weighted by Gasteiger charge is 2.19. The van der Waals surface area contributed by atoms with Gasteiger partial charge in [-0.2, -0.15) is 0 Å². The molecule has 0 aliphatic heterocycles. The van der Waals surface area contributed by atoms with Crippen molar-refractivity contribution in [3.8, 4) is 0 Å². The van der Waals surface area contributed by atoms with Gasteiger partial charge in [0.25, 0.3) is 0 Å². The van der Waals surface area contributed by atoms with Gasteiger partial charge in [0.15, 0.2) is 0 Å². The summed E-state index contributed by atoms with van der Waals surface area (Å²) in [7, 11) is 0. The van der Waals surface area contributed by atoms with E-state index in [0.717, 1.165) is 19.3 Å². The van der Waals surface area contributed by atoms with Gasteiger partial charge in [-0.15, -0.1) is 0 Å². The van der Waals surface area contributed by atoms with E-state index in [1.54, 1.807) is 6.07 Å². The van der Waals surface area contributed by atoms with Crippen LogP contribution in [0.2, 0.25) is 5.15 Å². The second kappa shape index (κ2) is 5.07. The summed E-state index contributed by atoms with van der Waals surface area (Å²) >= 11 is 5.70. The summed E-state index contributed by atoms with van der Waals surface area (Å²) in [5.41, 5.74) is 0. The molecule has 1 amide bonds. The predicted molar refractivity (Wildman–Crippen MR) is 62.2 cm³/mol. The molecule has 1 aromatic heterocycles. The van der Waals surface area contributed by atoms with E-state index in [9.17, 15) is 4.79 Å². The molecule has 0 radical (unpaired) electrons. The second-order valence-electron chi connectivity index (χ2n) is 3.67. The van der Waals surface area contributed by atoms with Gasteiger partial charge in [-0.3, -0.25) is 10.1 Å². The van der Waals surface area contributed by atoms with Crippen LogP contribution in [-0.4, -0.2) is 15.9 Å². The summed E-state index contributed by atoms with van der Waals surface area (Å²) < 4.78 is 0. The number of halogens is 1. The summed E-state index contributed by atoms with van der Waals surface area (Å²) in [5, 5.41) is 3.00. The van der Waals surface area contributed by atoms with Gasteiger partial charge in [0.05, 0.1) is 0 Å². The zero-order chi connectivity index (χ0) is 11.4. The number of carbonyl (C=O) groups is 1. The minimum atomic E-state index is -0.0355. The smallest absolute Gasteiger partial charge is 0.230 e. The van der Waals surface area contributed by atoms with Gasteiger partial charge in [0.2, 0.25) is 11.9 Å². The first-order chi connectivity index (χ1) is 7.75. The van der Waals surface area contributed by atoms with Crippen molar-refractivity contribution in [3.63, 3.8) is 0 Å². The molecule has 2 rings (SSSR count). The molecule has 1 unspecified atom stereocenters. The topological polar surface area (TPSA) is 54.9 Å². The molecule has 84 valence electrons. The molecule has 0 aromatic carbocycles. The lowest BCUT2D eigenvalue weighted by Gasteiger charge is -2.16. The lowest BCUT2D eigenvalue weighted by molar-refractivity contribution is -0.120. The lowest BCUT2D eigenvalue weighted by atomic mass is 9.94. The highest BCUT2D eigenvalue weighted by molar-refractivity contribution is 6.29. The molecule has 1 aromatic rings. The number of aromatic nitrogens is 2. The molecule has 5 heteroatoms. The SMILES string of the molecule is O=C(Nc1nccc(Cl)n1)C1CC=CCC1. The van der Waals surface area contributed by atoms with Crippen molar-refractivity contribution in [2.45, 2.75) is 19.3 Å². The Morgan fingerprint density at radius 2 is 2.38 bits per heavy atom. The fraction of sp³-hybridized carbons (Fsp3) is 0.364. The van der Waals surface area contributed by atoms with Crippen LogP contribution < -0.4 is 5.32 Å². The van der Waals surface area contributed by atoms with E-state index in [0.29, 0.717) is 5.15 Å². The third-order valence-corrected chi connectivity index (χ3v) is 2.71. The maximum absolute atomic E-state index is 11.8. The zero-order valence-electron chi connectivity index (χ0n) is 8.69. The number of carbonyl (C=O) groups excluding carboxylic acids is 1. The first-order valence-electron chi connectivity index (χ1n) is 5.20. The molecule has 0 saturated carbocycles. The first kappa shape index (κ1) is 11.1. The Morgan fingerprint density at radius 3 is 3.06 bits per heavy atom. The number of anilines is 1. The van der Waals surface area contributed by atoms with Crippen molar-refractivity contribution in [1.29, 1.82) is 0 Å². The highest BCUT2D eigenvalue weighted by Crippen LogP contribution is 2.19. The normalized spacial score (nSPS) is 19.4. The number of nitrogens with zero attached hydrogens (tertiary/aromatic N) is 2. The molecule has 16 heavy (non-hydrogen) atoms. The Kier molecular flexibility index (Phi) is 3.51. The summed E-state index contributed by atoms with van der Waals surface area (Å²) in [5.74, 6) is 0.256. The van der Waals surface area contributed by atoms with Crippen molar-refractivity contribution in [3.05, 3.63) is 29.6 Å². The van der Waals surface area contributed by atoms with E-state index in [-0.39, 0.29) is 17.8 Å². The summed E-state index contributed by atoms with van der Waals surface area (Å²) in [4.78, 5) is 19.7. The number of amides is 1. The van der Waals surface area contributed by atoms with Crippen LogP contribution in [0.3, 0.4) is 0 Å². The predicted octanol–water partition coefficient (Wildman–Crippen LogP) is 2.42. The monoisotopic (exact) mass is 237 g/mol. The fourth-order valence-electron chi connectivity index (χ4n) is 1.64. The lowest BCUT2D eigenvalue weighted by Crippen LogP contribution is -2.24. The van der Waals surface area contributed by atoms with Gasteiger partial charge >= 0.3 is 0 Å². The van der Waals surface area contributed by atoms with E-state index in [4.69, 9.17) is 11.6 Å². The standard InChI is InChI=1S/C11H12ClN3O/c12-9-6-7-13-11(14-9)15-10(16)8-4-2-1-3-5-8/h1-2,6-8H,3-5H2,(H,13,14,15,16). The Labute approximate surface area is 98.7 Å². The third kappa shape index (κ3) is 2.79. The Bertz CT molecular complexity index is 419. The molecule has 1 aliphatic carbocycles. The van der Waals surface area contributed by atoms with Crippen LogP contribution in [0, 0.1) is 5.92 Å². The van der Waals surface area contributed by atoms with Crippen LogP contribution in [0.15, 0.2) is 24.4 Å². The molecule has 1 aliphatic rings. The number of allylic oxidation sites excluding steroid dienone is 2. The molecule has 0 spiro atoms. The fourth-order valence-corrected chi connectivity index (χ4v) is 1.78. The van der Waals surface area contributed by atoms with E-state index >= 15 is 0 Å². The Balaban J connectivity index is 1.99. The van der Waals surface area contributed by atoms with E-state index in [1.807, 2.05) is 6.08 Å². The quantitative estimate of drug-likeness (QED) is 0.635. The second-order valence-corrected chi connectivity index (χ2v) is 4.06. The van der Waals surface area contributed by atoms with Crippen LogP contribution in [-0.2, 0) is 4.79 Å². The average molecular weight is 238 g/mol. The molecular weight excluding hydrogens is 226 g/mol. The van der Waals surface area contributed by atoms with Crippen molar-refractivity contribution in [2.24, 2.45) is 5.92 Å². The molecular formula is C11H12ClN3O. The minimum Gasteiger partial charge on any atom is -0.294 e. The van der Waals surface area contributed by atoms with Gasteiger partial charge in [-0.1, -0.05) is 23.8 Å². The Hall–Kier alpha value is -1.42. The van der Waals surface area contributed by atoms with Crippen LogP contribution in [0.1, 0.15) is 19.3 Å². The van der Waals surface area contributed by atoms with Crippen LogP contribution in [0.5, 0.6) is 0 Å². The molecule has 1 N–H and O–H groups in total. The van der Waals surface area contributed by atoms with Crippen molar-refractivity contribution < 1.29 is 4.79 Å². The number of nitrogens with one attached hydrogen (secondary N) is 1. The van der Waals surface area contributed by atoms with Crippen molar-refractivity contribution in [2.75, 3.05) is 5.32 Å². The van der Waals surface area contributed by atoms with Gasteiger partial charge in [-0.05, 0) is 25.3 Å². The minimum absolute atomic E-state index is 0.0209. The maximum Gasteiger partial charge on any atom is 0.230 e. The molecule has 1 heterocycles. The van der Waals surface area contributed by atoms with Gasteiger partial charge in [0, 0.05) is 12.1 Å². The molecule has 0 fully saturated rings. The van der Waals surface area contributed by atoms with E-state index < -0.39 is 0 Å². The van der Waals surface area contributed by atoms with Crippen molar-refractivity contribution >= 4 is 23.5 Å². The van der Waals surface area contributed by atoms with Gasteiger partial charge < -0.3 is 0 Å². The molecule has 4 nitrogen and oxygen atoms in total. The summed E-state index contributed by atoms with van der Waals surface area (Å²) in [6.45, 7) is 0. The molecule has 0 bridgehead atoms. The average Bonchev–Trinajstić information content (AvgIpc) is 2.30. The third-order valence-electron chi connectivity index (χ3n) is 2.50. The largest absolute Gasteiger partial charge is 0.294 e. The molecule has 0 saturated heterocycles. The van der Waals surface area contributed by atoms with E-state index in [2.05, 4.69) is 21.4 Å². The van der Waals surface area contributed by atoms with Crippen LogP contribution in [0.4, 0.5) is 5.95 Å². The zero-order valence-corrected chi connectivity index (χ0v) is 9.44. The number of rotatable bonds is 2. The number of hydrogen-bond acceptors (Lipinski definition) is 3. The molecule has 1 atom stereocenters. The van der Waals surface area contributed by atoms with Gasteiger partial charge in [0.1, 0.15) is 5.15 Å². The van der Waals surface area contributed by atoms with Gasteiger partial charge in [-0.25, -0.2) is 9.97 Å². The van der Waals surface area contributed by atoms with Crippen molar-refractivity contribution in [1.82, 2.24) is 9.97 Å². The first-order valence-corrected chi connectivity index (χ1v) is 5.58. The highest BCUT2D eigenvalue weighted by atomic mass is 35.5. The summed E-state index contributed by atoms with van der Waals surface area (Å²) in [6.07, 6.45) is 8.27.